The van der Waals surface area contributed by atoms with Crippen LogP contribution in [-0.2, 0) is 9.47 Å². The van der Waals surface area contributed by atoms with Crippen LogP contribution < -0.4 is 5.73 Å². The van der Waals surface area contributed by atoms with Gasteiger partial charge in [-0.05, 0) is 18.1 Å². The molecule has 19 heavy (non-hydrogen) atoms. The molecule has 1 aliphatic heterocycles. The molecule has 2 N–H and O–H groups in total. The van der Waals surface area contributed by atoms with Gasteiger partial charge >= 0.3 is 0 Å². The molecule has 3 nitrogen and oxygen atoms in total. The molecular formula is C16H23NO2. The van der Waals surface area contributed by atoms with Crippen molar-refractivity contribution >= 4 is 0 Å². The molecule has 0 aromatic rings. The minimum atomic E-state index is -0.286. The molecule has 0 amide bonds. The van der Waals surface area contributed by atoms with Gasteiger partial charge in [0.2, 0.25) is 0 Å². The quantitative estimate of drug-likeness (QED) is 0.769. The van der Waals surface area contributed by atoms with Crippen molar-refractivity contribution in [3.05, 3.63) is 47.7 Å². The smallest absolute Gasteiger partial charge is 0.172 e. The highest BCUT2D eigenvalue weighted by Crippen LogP contribution is 2.33. The van der Waals surface area contributed by atoms with Crippen molar-refractivity contribution in [1.29, 1.82) is 0 Å². The van der Waals surface area contributed by atoms with Crippen molar-refractivity contribution in [2.24, 2.45) is 17.6 Å². The van der Waals surface area contributed by atoms with Crippen LogP contribution >= 0.6 is 0 Å². The van der Waals surface area contributed by atoms with Crippen LogP contribution in [-0.4, -0.2) is 6.23 Å². The molecule has 3 atom stereocenters. The van der Waals surface area contributed by atoms with E-state index in [9.17, 15) is 0 Å². The molecule has 3 heteroatoms. The molecule has 0 spiro atoms. The van der Waals surface area contributed by atoms with Crippen molar-refractivity contribution in [3.63, 3.8) is 0 Å². The second-order valence-electron chi connectivity index (χ2n) is 5.31. The molecule has 0 fully saturated rings. The van der Waals surface area contributed by atoms with E-state index in [1.54, 1.807) is 6.26 Å². The predicted octanol–water partition coefficient (Wildman–Crippen LogP) is 3.61. The lowest BCUT2D eigenvalue weighted by atomic mass is 9.92. The second kappa shape index (κ2) is 6.11. The monoisotopic (exact) mass is 261 g/mol. The van der Waals surface area contributed by atoms with E-state index in [4.69, 9.17) is 15.2 Å². The van der Waals surface area contributed by atoms with Gasteiger partial charge in [-0.1, -0.05) is 39.3 Å². The van der Waals surface area contributed by atoms with Crippen molar-refractivity contribution in [1.82, 2.24) is 0 Å². The minimum absolute atomic E-state index is 0.286. The highest BCUT2D eigenvalue weighted by atomic mass is 16.5. The van der Waals surface area contributed by atoms with Crippen molar-refractivity contribution < 1.29 is 9.47 Å². The van der Waals surface area contributed by atoms with E-state index < -0.39 is 0 Å². The Hall–Kier alpha value is -1.48. The average molecular weight is 261 g/mol. The number of allylic oxidation sites excluding steroid dienone is 5. The predicted molar refractivity (Wildman–Crippen MR) is 76.8 cm³/mol. The largest absolute Gasteiger partial charge is 0.472 e. The first-order valence-electron chi connectivity index (χ1n) is 7.00. The Labute approximate surface area is 115 Å². The molecule has 0 bridgehead atoms. The summed E-state index contributed by atoms with van der Waals surface area (Å²) in [7, 11) is 0. The third kappa shape index (κ3) is 3.29. The summed E-state index contributed by atoms with van der Waals surface area (Å²) in [5, 5.41) is 0. The Morgan fingerprint density at radius 3 is 3.00 bits per heavy atom. The number of hydrogen-bond acceptors (Lipinski definition) is 3. The van der Waals surface area contributed by atoms with Gasteiger partial charge in [-0.25, -0.2) is 0 Å². The Morgan fingerprint density at radius 1 is 1.47 bits per heavy atom. The Balaban J connectivity index is 2.09. The van der Waals surface area contributed by atoms with Crippen LogP contribution in [0, 0.1) is 11.8 Å². The topological polar surface area (TPSA) is 44.5 Å². The molecule has 2 aliphatic rings. The van der Waals surface area contributed by atoms with Crippen LogP contribution in [0.2, 0.25) is 0 Å². The van der Waals surface area contributed by atoms with Crippen LogP contribution in [0.25, 0.3) is 0 Å². The Bertz CT molecular complexity index is 446. The number of hydrogen-bond donors (Lipinski definition) is 1. The second-order valence-corrected chi connectivity index (χ2v) is 5.31. The zero-order valence-corrected chi connectivity index (χ0v) is 11.9. The summed E-state index contributed by atoms with van der Waals surface area (Å²) in [6.45, 7) is 6.49. The first kappa shape index (κ1) is 13.9. The van der Waals surface area contributed by atoms with Gasteiger partial charge in [-0.15, -0.1) is 0 Å². The summed E-state index contributed by atoms with van der Waals surface area (Å²) < 4.78 is 11.4. The first-order chi connectivity index (χ1) is 9.11. The van der Waals surface area contributed by atoms with Crippen molar-refractivity contribution in [3.8, 4) is 0 Å². The maximum atomic E-state index is 6.05. The summed E-state index contributed by atoms with van der Waals surface area (Å²) in [4.78, 5) is 0. The van der Waals surface area contributed by atoms with E-state index in [-0.39, 0.29) is 6.23 Å². The lowest BCUT2D eigenvalue weighted by Crippen LogP contribution is -2.27. The van der Waals surface area contributed by atoms with Crippen LogP contribution in [0.1, 0.15) is 33.6 Å². The maximum Gasteiger partial charge on any atom is 0.172 e. The molecule has 1 aliphatic carbocycles. The molecule has 0 aromatic carbocycles. The van der Waals surface area contributed by atoms with Crippen LogP contribution in [0.4, 0.5) is 0 Å². The van der Waals surface area contributed by atoms with Crippen LogP contribution in [0.3, 0.4) is 0 Å². The third-order valence-electron chi connectivity index (χ3n) is 3.66. The number of fused-ring (bicyclic) bond motifs is 1. The van der Waals surface area contributed by atoms with E-state index in [2.05, 4.69) is 32.9 Å². The summed E-state index contributed by atoms with van der Waals surface area (Å²) in [5.41, 5.74) is 7.20. The first-order valence-corrected chi connectivity index (χ1v) is 7.00. The van der Waals surface area contributed by atoms with Gasteiger partial charge < -0.3 is 9.47 Å². The van der Waals surface area contributed by atoms with Crippen molar-refractivity contribution in [2.75, 3.05) is 0 Å². The standard InChI is InChI=1S/C16H23NO2/c1-4-11(2)10-15(17)19-14-8-7-12(3)13-6-5-9-18-16(13)14/h5-9,11-12,15H,4,10,17H2,1-3H3. The number of nitrogens with two attached hydrogens (primary N) is 1. The molecule has 0 radical (unpaired) electrons. The minimum Gasteiger partial charge on any atom is -0.472 e. The molecule has 1 heterocycles. The molecule has 0 saturated heterocycles. The van der Waals surface area contributed by atoms with Gasteiger partial charge in [0.25, 0.3) is 0 Å². The van der Waals surface area contributed by atoms with Gasteiger partial charge in [0, 0.05) is 17.9 Å². The number of ether oxygens (including phenoxy) is 2. The highest BCUT2D eigenvalue weighted by molar-refractivity contribution is 5.44. The fraction of sp³-hybridized carbons (Fsp3) is 0.500. The van der Waals surface area contributed by atoms with E-state index in [0.717, 1.165) is 29.9 Å². The number of rotatable bonds is 5. The lowest BCUT2D eigenvalue weighted by molar-refractivity contribution is 0.0959. The normalized spacial score (nSPS) is 24.4. The summed E-state index contributed by atoms with van der Waals surface area (Å²) >= 11 is 0. The molecule has 3 unspecified atom stereocenters. The summed E-state index contributed by atoms with van der Waals surface area (Å²) in [6, 6.07) is 0. The zero-order chi connectivity index (χ0) is 13.8. The Morgan fingerprint density at radius 2 is 2.26 bits per heavy atom. The highest BCUT2D eigenvalue weighted by Gasteiger charge is 2.24. The van der Waals surface area contributed by atoms with Gasteiger partial charge in [0.15, 0.2) is 11.5 Å². The fourth-order valence-corrected chi connectivity index (χ4v) is 2.23. The van der Waals surface area contributed by atoms with Gasteiger partial charge in [-0.3, -0.25) is 5.73 Å². The molecule has 0 aromatic heterocycles. The summed E-state index contributed by atoms with van der Waals surface area (Å²) in [6.07, 6.45) is 11.4. The maximum absolute atomic E-state index is 6.05. The van der Waals surface area contributed by atoms with E-state index >= 15 is 0 Å². The SMILES string of the molecule is CCC(C)CC(N)OC1=C2OC=CC=C2C(C)C=C1. The van der Waals surface area contributed by atoms with E-state index in [1.807, 2.05) is 12.2 Å². The molecule has 104 valence electrons. The van der Waals surface area contributed by atoms with Gasteiger partial charge in [0.05, 0.1) is 6.26 Å². The molecular weight excluding hydrogens is 238 g/mol. The van der Waals surface area contributed by atoms with E-state index in [1.165, 1.54) is 0 Å². The van der Waals surface area contributed by atoms with Gasteiger partial charge in [0.1, 0.15) is 6.23 Å². The molecule has 0 saturated carbocycles. The van der Waals surface area contributed by atoms with Gasteiger partial charge in [-0.2, -0.15) is 0 Å². The average Bonchev–Trinajstić information content (AvgIpc) is 2.42. The fourth-order valence-electron chi connectivity index (χ4n) is 2.23. The third-order valence-corrected chi connectivity index (χ3v) is 3.66. The zero-order valence-electron chi connectivity index (χ0n) is 11.9. The van der Waals surface area contributed by atoms with Crippen molar-refractivity contribution in [2.45, 2.75) is 39.8 Å². The van der Waals surface area contributed by atoms with Crippen LogP contribution in [0.5, 0.6) is 0 Å². The summed E-state index contributed by atoms with van der Waals surface area (Å²) in [5.74, 6) is 2.45. The lowest BCUT2D eigenvalue weighted by Gasteiger charge is -2.26. The van der Waals surface area contributed by atoms with E-state index in [0.29, 0.717) is 11.8 Å². The van der Waals surface area contributed by atoms with Crippen LogP contribution in [0.15, 0.2) is 47.7 Å². The molecule has 2 rings (SSSR count). The Kier molecular flexibility index (Phi) is 4.48.